The lowest BCUT2D eigenvalue weighted by atomic mass is 10.2. The molecule has 0 aliphatic carbocycles. The van der Waals surface area contributed by atoms with Gasteiger partial charge in [0.15, 0.2) is 6.10 Å². The molecule has 0 unspecified atom stereocenters. The first-order valence-corrected chi connectivity index (χ1v) is 7.24. The van der Waals surface area contributed by atoms with Crippen LogP contribution in [0.25, 0.3) is 0 Å². The van der Waals surface area contributed by atoms with Gasteiger partial charge in [-0.1, -0.05) is 0 Å². The SMILES string of the molecule is COc1ccc(O[C@H](C)C(=O)N2C[C@@H](C)O[C@@H](C)C2)cc1. The van der Waals surface area contributed by atoms with Crippen molar-refractivity contribution in [2.24, 2.45) is 0 Å². The molecule has 5 nitrogen and oxygen atoms in total. The van der Waals surface area contributed by atoms with Gasteiger partial charge in [-0.15, -0.1) is 0 Å². The molecule has 1 heterocycles. The summed E-state index contributed by atoms with van der Waals surface area (Å²) in [5.74, 6) is 1.41. The summed E-state index contributed by atoms with van der Waals surface area (Å²) in [5, 5.41) is 0. The highest BCUT2D eigenvalue weighted by Crippen LogP contribution is 2.19. The van der Waals surface area contributed by atoms with Crippen molar-refractivity contribution in [1.29, 1.82) is 0 Å². The number of nitrogens with zero attached hydrogens (tertiary/aromatic N) is 1. The Kier molecular flexibility index (Phi) is 5.07. The number of carbonyl (C=O) groups excluding carboxylic acids is 1. The van der Waals surface area contributed by atoms with Crippen molar-refractivity contribution < 1.29 is 19.0 Å². The van der Waals surface area contributed by atoms with Crippen LogP contribution >= 0.6 is 0 Å². The van der Waals surface area contributed by atoms with E-state index in [9.17, 15) is 4.79 Å². The second-order valence-corrected chi connectivity index (χ2v) is 5.44. The molecule has 1 aromatic carbocycles. The Hall–Kier alpha value is -1.75. The van der Waals surface area contributed by atoms with E-state index in [1.165, 1.54) is 0 Å². The monoisotopic (exact) mass is 293 g/mol. The van der Waals surface area contributed by atoms with E-state index in [4.69, 9.17) is 14.2 Å². The molecule has 0 spiro atoms. The Morgan fingerprint density at radius 1 is 1.19 bits per heavy atom. The summed E-state index contributed by atoms with van der Waals surface area (Å²) in [6.07, 6.45) is -0.396. The Labute approximate surface area is 125 Å². The van der Waals surface area contributed by atoms with Gasteiger partial charge in [0.2, 0.25) is 0 Å². The largest absolute Gasteiger partial charge is 0.497 e. The average Bonchev–Trinajstić information content (AvgIpc) is 2.46. The standard InChI is InChI=1S/C16H23NO4/c1-11-9-17(10-12(2)20-11)16(18)13(3)21-15-7-5-14(19-4)6-8-15/h5-8,11-13H,9-10H2,1-4H3/t11-,12+,13-/m1/s1. The molecule has 1 amide bonds. The van der Waals surface area contributed by atoms with E-state index >= 15 is 0 Å². The molecule has 21 heavy (non-hydrogen) atoms. The molecule has 1 aromatic rings. The average molecular weight is 293 g/mol. The Bertz CT molecular complexity index is 464. The maximum Gasteiger partial charge on any atom is 0.263 e. The fourth-order valence-corrected chi connectivity index (χ4v) is 2.52. The van der Waals surface area contributed by atoms with Crippen LogP contribution in [-0.4, -0.2) is 49.3 Å². The van der Waals surface area contributed by atoms with Crippen LogP contribution in [0, 0.1) is 0 Å². The summed E-state index contributed by atoms with van der Waals surface area (Å²) in [6, 6.07) is 7.22. The van der Waals surface area contributed by atoms with Gasteiger partial charge in [-0.3, -0.25) is 4.79 Å². The predicted molar refractivity (Wildman–Crippen MR) is 79.7 cm³/mol. The van der Waals surface area contributed by atoms with Gasteiger partial charge in [-0.2, -0.15) is 0 Å². The highest BCUT2D eigenvalue weighted by Gasteiger charge is 2.29. The molecular weight excluding hydrogens is 270 g/mol. The number of morpholine rings is 1. The molecule has 116 valence electrons. The van der Waals surface area contributed by atoms with Crippen LogP contribution in [0.4, 0.5) is 0 Å². The summed E-state index contributed by atoms with van der Waals surface area (Å²) in [5.41, 5.74) is 0. The fraction of sp³-hybridized carbons (Fsp3) is 0.562. The number of ether oxygens (including phenoxy) is 3. The second kappa shape index (κ2) is 6.80. The van der Waals surface area contributed by atoms with Crippen LogP contribution in [0.5, 0.6) is 11.5 Å². The fourth-order valence-electron chi connectivity index (χ4n) is 2.52. The molecule has 2 rings (SSSR count). The Balaban J connectivity index is 1.95. The van der Waals surface area contributed by atoms with E-state index in [1.54, 1.807) is 26.2 Å². The number of hydrogen-bond donors (Lipinski definition) is 0. The van der Waals surface area contributed by atoms with Gasteiger partial charge in [-0.25, -0.2) is 0 Å². The molecular formula is C16H23NO4. The molecule has 0 bridgehead atoms. The van der Waals surface area contributed by atoms with E-state index in [2.05, 4.69) is 0 Å². The smallest absolute Gasteiger partial charge is 0.263 e. The van der Waals surface area contributed by atoms with E-state index in [0.717, 1.165) is 5.75 Å². The molecule has 3 atom stereocenters. The van der Waals surface area contributed by atoms with Gasteiger partial charge in [0.25, 0.3) is 5.91 Å². The first-order valence-electron chi connectivity index (χ1n) is 7.24. The zero-order valence-corrected chi connectivity index (χ0v) is 13.0. The number of carbonyl (C=O) groups is 1. The minimum absolute atomic E-state index is 0.00665. The summed E-state index contributed by atoms with van der Waals surface area (Å²) in [6.45, 7) is 6.95. The molecule has 0 N–H and O–H groups in total. The zero-order valence-electron chi connectivity index (χ0n) is 13.0. The van der Waals surface area contributed by atoms with Crippen molar-refractivity contribution in [3.63, 3.8) is 0 Å². The van der Waals surface area contributed by atoms with Crippen LogP contribution in [0.3, 0.4) is 0 Å². The topological polar surface area (TPSA) is 48.0 Å². The molecule has 5 heteroatoms. The lowest BCUT2D eigenvalue weighted by Crippen LogP contribution is -2.51. The highest BCUT2D eigenvalue weighted by atomic mass is 16.5. The third kappa shape index (κ3) is 4.11. The van der Waals surface area contributed by atoms with Gasteiger partial charge >= 0.3 is 0 Å². The second-order valence-electron chi connectivity index (χ2n) is 5.44. The highest BCUT2D eigenvalue weighted by molar-refractivity contribution is 5.81. The molecule has 1 fully saturated rings. The van der Waals surface area contributed by atoms with Crippen LogP contribution in [-0.2, 0) is 9.53 Å². The Morgan fingerprint density at radius 2 is 1.71 bits per heavy atom. The lowest BCUT2D eigenvalue weighted by molar-refractivity contribution is -0.149. The van der Waals surface area contributed by atoms with Crippen molar-refractivity contribution >= 4 is 5.91 Å². The third-order valence-electron chi connectivity index (χ3n) is 3.45. The van der Waals surface area contributed by atoms with Crippen molar-refractivity contribution in [2.75, 3.05) is 20.2 Å². The maximum atomic E-state index is 12.4. The molecule has 1 aliphatic rings. The van der Waals surface area contributed by atoms with Gasteiger partial charge < -0.3 is 19.1 Å². The van der Waals surface area contributed by atoms with E-state index < -0.39 is 6.10 Å². The molecule has 0 radical (unpaired) electrons. The van der Waals surface area contributed by atoms with Crippen LogP contribution in [0.1, 0.15) is 20.8 Å². The summed E-state index contributed by atoms with van der Waals surface area (Å²) in [4.78, 5) is 14.2. The molecule has 1 saturated heterocycles. The van der Waals surface area contributed by atoms with Crippen molar-refractivity contribution in [3.05, 3.63) is 24.3 Å². The van der Waals surface area contributed by atoms with Crippen molar-refractivity contribution in [2.45, 2.75) is 39.1 Å². The number of hydrogen-bond acceptors (Lipinski definition) is 4. The third-order valence-corrected chi connectivity index (χ3v) is 3.45. The number of amides is 1. The predicted octanol–water partition coefficient (Wildman–Crippen LogP) is 2.10. The Morgan fingerprint density at radius 3 is 2.24 bits per heavy atom. The van der Waals surface area contributed by atoms with Crippen LogP contribution < -0.4 is 9.47 Å². The molecule has 0 saturated carbocycles. The zero-order chi connectivity index (χ0) is 15.4. The van der Waals surface area contributed by atoms with E-state index in [-0.39, 0.29) is 18.1 Å². The first-order chi connectivity index (χ1) is 9.99. The number of rotatable bonds is 4. The van der Waals surface area contributed by atoms with Gasteiger partial charge in [0.05, 0.1) is 19.3 Å². The van der Waals surface area contributed by atoms with Crippen LogP contribution in [0.15, 0.2) is 24.3 Å². The van der Waals surface area contributed by atoms with Gasteiger partial charge in [-0.05, 0) is 45.0 Å². The van der Waals surface area contributed by atoms with E-state index in [0.29, 0.717) is 18.8 Å². The van der Waals surface area contributed by atoms with Gasteiger partial charge in [0, 0.05) is 13.1 Å². The summed E-state index contributed by atoms with van der Waals surface area (Å²) in [7, 11) is 1.61. The minimum Gasteiger partial charge on any atom is -0.497 e. The number of methoxy groups -OCH3 is 1. The minimum atomic E-state index is -0.518. The quantitative estimate of drug-likeness (QED) is 0.853. The van der Waals surface area contributed by atoms with E-state index in [1.807, 2.05) is 30.9 Å². The normalized spacial score (nSPS) is 23.5. The first kappa shape index (κ1) is 15.6. The van der Waals surface area contributed by atoms with Crippen molar-refractivity contribution in [1.82, 2.24) is 4.90 Å². The number of benzene rings is 1. The van der Waals surface area contributed by atoms with Crippen LogP contribution in [0.2, 0.25) is 0 Å². The van der Waals surface area contributed by atoms with Crippen molar-refractivity contribution in [3.8, 4) is 11.5 Å². The summed E-state index contributed by atoms with van der Waals surface area (Å²) >= 11 is 0. The molecule has 1 aliphatic heterocycles. The molecule has 0 aromatic heterocycles. The lowest BCUT2D eigenvalue weighted by Gasteiger charge is -2.36. The van der Waals surface area contributed by atoms with Gasteiger partial charge in [0.1, 0.15) is 11.5 Å². The summed E-state index contributed by atoms with van der Waals surface area (Å²) < 4.78 is 16.4. The maximum absolute atomic E-state index is 12.4.